The molecule has 0 unspecified atom stereocenters. The summed E-state index contributed by atoms with van der Waals surface area (Å²) in [4.78, 5) is 26.1. The molecule has 0 amide bonds. The minimum Gasteiger partial charge on any atom is -0.378 e. The van der Waals surface area contributed by atoms with E-state index < -0.39 is 16.2 Å². The van der Waals surface area contributed by atoms with E-state index >= 15 is 0 Å². The Hall–Kier alpha value is -2.03. The minimum atomic E-state index is -0.837. The number of hydrogen-bond donors (Lipinski definition) is 1. The minimum absolute atomic E-state index is 0.140. The quantitative estimate of drug-likeness (QED) is 0.679. The fourth-order valence-corrected chi connectivity index (χ4v) is 2.54. The van der Waals surface area contributed by atoms with E-state index in [1.165, 1.54) is 11.3 Å². The molecule has 20 heavy (non-hydrogen) atoms. The van der Waals surface area contributed by atoms with Crippen LogP contribution in [0.4, 0.5) is 11.5 Å². The predicted molar refractivity (Wildman–Crippen MR) is 76.0 cm³/mol. The Bertz CT molecular complexity index is 728. The van der Waals surface area contributed by atoms with Crippen LogP contribution in [0.15, 0.2) is 4.79 Å². The highest BCUT2D eigenvalue weighted by atomic mass is 32.1. The smallest absolute Gasteiger partial charge is 0.377 e. The van der Waals surface area contributed by atoms with Gasteiger partial charge in [-0.25, -0.2) is 0 Å². The lowest BCUT2D eigenvalue weighted by molar-refractivity contribution is -0.385. The van der Waals surface area contributed by atoms with E-state index in [4.69, 9.17) is 5.73 Å². The Morgan fingerprint density at radius 2 is 2.10 bits per heavy atom. The number of fused-ring (bicyclic) bond motifs is 1. The molecule has 0 aliphatic carbocycles. The lowest BCUT2D eigenvalue weighted by Gasteiger charge is -2.16. The molecule has 2 N–H and O–H groups in total. The molecule has 0 radical (unpaired) electrons. The fraction of sp³-hybridized carbons (Fsp3) is 0.545. The number of nitro groups is 1. The van der Waals surface area contributed by atoms with Gasteiger partial charge in [0.1, 0.15) is 5.01 Å². The third-order valence-electron chi connectivity index (χ3n) is 2.73. The third-order valence-corrected chi connectivity index (χ3v) is 3.70. The molecule has 0 fully saturated rings. The van der Waals surface area contributed by atoms with E-state index in [-0.39, 0.29) is 16.2 Å². The molecule has 0 aliphatic heterocycles. The summed E-state index contributed by atoms with van der Waals surface area (Å²) in [6.07, 6.45) is 1.57. The van der Waals surface area contributed by atoms with E-state index in [1.807, 2.05) is 0 Å². The van der Waals surface area contributed by atoms with Crippen LogP contribution in [-0.4, -0.2) is 19.5 Å². The molecule has 2 aromatic rings. The second kappa shape index (κ2) is 4.82. The number of nitrogen functional groups attached to an aromatic ring is 1. The van der Waals surface area contributed by atoms with Crippen molar-refractivity contribution < 1.29 is 4.92 Å². The van der Waals surface area contributed by atoms with E-state index in [0.29, 0.717) is 11.4 Å². The van der Waals surface area contributed by atoms with Crippen LogP contribution in [0.3, 0.4) is 0 Å². The van der Waals surface area contributed by atoms with Crippen LogP contribution in [0.25, 0.3) is 4.96 Å². The molecule has 2 heterocycles. The van der Waals surface area contributed by atoms with E-state index in [2.05, 4.69) is 30.9 Å². The Kier molecular flexibility index (Phi) is 3.46. The molecule has 0 spiro atoms. The highest BCUT2D eigenvalue weighted by molar-refractivity contribution is 7.16. The lowest BCUT2D eigenvalue weighted by atomic mass is 9.91. The number of nitrogens with two attached hydrogens (primary N) is 1. The van der Waals surface area contributed by atoms with Gasteiger partial charge in [-0.05, 0) is 11.8 Å². The Labute approximate surface area is 118 Å². The molecule has 0 atom stereocenters. The van der Waals surface area contributed by atoms with Crippen LogP contribution in [0.1, 0.15) is 32.2 Å². The molecule has 0 bridgehead atoms. The average Bonchev–Trinajstić information content (AvgIpc) is 2.68. The standard InChI is InChI=1S/C11H15N5O3S/c1-11(2,3)5-4-6-14-15-9(17)7(16(18)19)8(12)13-10(15)20-6/h4-5,12H2,1-3H3. The number of anilines is 1. The SMILES string of the molecule is CC(C)(C)CCc1nn2c(=O)c([N+](=O)[O-])c(N)nc2s1. The van der Waals surface area contributed by atoms with Crippen LogP contribution >= 0.6 is 11.3 Å². The number of hydrogen-bond acceptors (Lipinski definition) is 7. The third kappa shape index (κ3) is 2.77. The zero-order chi connectivity index (χ0) is 15.1. The van der Waals surface area contributed by atoms with Gasteiger partial charge in [0.05, 0.1) is 4.92 Å². The van der Waals surface area contributed by atoms with Gasteiger partial charge >= 0.3 is 11.2 Å². The molecule has 0 saturated carbocycles. The summed E-state index contributed by atoms with van der Waals surface area (Å²) in [5, 5.41) is 15.6. The van der Waals surface area contributed by atoms with Crippen molar-refractivity contribution in [3.05, 3.63) is 25.5 Å². The zero-order valence-corrected chi connectivity index (χ0v) is 12.2. The zero-order valence-electron chi connectivity index (χ0n) is 11.4. The van der Waals surface area contributed by atoms with Crippen molar-refractivity contribution in [1.29, 1.82) is 0 Å². The van der Waals surface area contributed by atoms with Gasteiger partial charge in [0.25, 0.3) is 0 Å². The summed E-state index contributed by atoms with van der Waals surface area (Å²) >= 11 is 1.22. The molecular weight excluding hydrogens is 282 g/mol. The summed E-state index contributed by atoms with van der Waals surface area (Å²) in [6.45, 7) is 6.31. The molecule has 9 heteroatoms. The normalized spacial score (nSPS) is 11.9. The van der Waals surface area contributed by atoms with Gasteiger partial charge in [0, 0.05) is 6.42 Å². The van der Waals surface area contributed by atoms with Crippen molar-refractivity contribution in [3.8, 4) is 0 Å². The maximum absolute atomic E-state index is 12.0. The first-order valence-corrected chi connectivity index (χ1v) is 6.83. The topological polar surface area (TPSA) is 116 Å². The Morgan fingerprint density at radius 1 is 1.45 bits per heavy atom. The van der Waals surface area contributed by atoms with Crippen LogP contribution in [0.5, 0.6) is 0 Å². The van der Waals surface area contributed by atoms with Crippen molar-refractivity contribution in [2.24, 2.45) is 5.41 Å². The van der Waals surface area contributed by atoms with Gasteiger partial charge in [-0.15, -0.1) is 0 Å². The average molecular weight is 297 g/mol. The second-order valence-electron chi connectivity index (χ2n) is 5.66. The molecule has 2 aromatic heterocycles. The van der Waals surface area contributed by atoms with Crippen molar-refractivity contribution in [2.45, 2.75) is 33.6 Å². The number of rotatable bonds is 3. The maximum Gasteiger partial charge on any atom is 0.377 e. The summed E-state index contributed by atoms with van der Waals surface area (Å²) in [5.74, 6) is -0.369. The summed E-state index contributed by atoms with van der Waals surface area (Å²) < 4.78 is 0.956. The van der Waals surface area contributed by atoms with Gasteiger partial charge in [0.15, 0.2) is 0 Å². The van der Waals surface area contributed by atoms with Crippen molar-refractivity contribution >= 4 is 27.8 Å². The molecule has 2 rings (SSSR count). The van der Waals surface area contributed by atoms with Gasteiger partial charge < -0.3 is 5.73 Å². The molecule has 108 valence electrons. The highest BCUT2D eigenvalue weighted by Crippen LogP contribution is 2.24. The number of aryl methyl sites for hydroxylation is 1. The molecule has 0 aliphatic rings. The van der Waals surface area contributed by atoms with Crippen molar-refractivity contribution in [3.63, 3.8) is 0 Å². The van der Waals surface area contributed by atoms with E-state index in [1.54, 1.807) is 0 Å². The first-order valence-electron chi connectivity index (χ1n) is 6.01. The molecular formula is C11H15N5O3S. The van der Waals surface area contributed by atoms with Crippen LogP contribution < -0.4 is 11.3 Å². The van der Waals surface area contributed by atoms with Gasteiger partial charge in [-0.3, -0.25) is 14.9 Å². The molecule has 0 saturated heterocycles. The first-order chi connectivity index (χ1) is 9.19. The van der Waals surface area contributed by atoms with Crippen LogP contribution in [0.2, 0.25) is 0 Å². The van der Waals surface area contributed by atoms with Crippen LogP contribution in [0, 0.1) is 15.5 Å². The van der Waals surface area contributed by atoms with E-state index in [0.717, 1.165) is 10.9 Å². The first kappa shape index (κ1) is 14.4. The van der Waals surface area contributed by atoms with Gasteiger partial charge in [-0.2, -0.15) is 14.6 Å². The summed E-state index contributed by atoms with van der Waals surface area (Å²) in [5.41, 5.74) is 4.03. The monoisotopic (exact) mass is 297 g/mol. The number of nitrogens with zero attached hydrogens (tertiary/aromatic N) is 4. The lowest BCUT2D eigenvalue weighted by Crippen LogP contribution is -2.20. The van der Waals surface area contributed by atoms with Gasteiger partial charge in [-0.1, -0.05) is 32.1 Å². The van der Waals surface area contributed by atoms with Crippen molar-refractivity contribution in [1.82, 2.24) is 14.6 Å². The maximum atomic E-state index is 12.0. The molecule has 0 aromatic carbocycles. The Morgan fingerprint density at radius 3 is 2.65 bits per heavy atom. The van der Waals surface area contributed by atoms with Crippen molar-refractivity contribution in [2.75, 3.05) is 5.73 Å². The Balaban J connectivity index is 2.47. The largest absolute Gasteiger partial charge is 0.378 e. The van der Waals surface area contributed by atoms with Crippen LogP contribution in [-0.2, 0) is 6.42 Å². The van der Waals surface area contributed by atoms with E-state index in [9.17, 15) is 14.9 Å². The summed E-state index contributed by atoms with van der Waals surface area (Å²) in [7, 11) is 0. The fourth-order valence-electron chi connectivity index (χ4n) is 1.65. The van der Waals surface area contributed by atoms with Gasteiger partial charge in [0.2, 0.25) is 10.8 Å². The molecule has 8 nitrogen and oxygen atoms in total. The number of aromatic nitrogens is 3. The highest BCUT2D eigenvalue weighted by Gasteiger charge is 2.23. The second-order valence-corrected chi connectivity index (χ2v) is 6.70. The predicted octanol–water partition coefficient (Wildman–Crippen LogP) is 1.62. The summed E-state index contributed by atoms with van der Waals surface area (Å²) in [6, 6.07) is 0.